The van der Waals surface area contributed by atoms with E-state index in [2.05, 4.69) is 0 Å². The van der Waals surface area contributed by atoms with Crippen LogP contribution in [0.1, 0.15) is 0 Å². The zero-order valence-electron chi connectivity index (χ0n) is 5.15. The van der Waals surface area contributed by atoms with Gasteiger partial charge in [0.25, 0.3) is 0 Å². The van der Waals surface area contributed by atoms with Crippen LogP contribution in [0.25, 0.3) is 0 Å². The second kappa shape index (κ2) is 2.38. The van der Waals surface area contributed by atoms with E-state index in [1.807, 2.05) is 0 Å². The Kier molecular flexibility index (Phi) is 1.72. The standard InChI is InChI=1S/C6H6O3S/c7-5-6-1-3-10(8,9)4-2-6/h1-3,5H,4H2. The van der Waals surface area contributed by atoms with Gasteiger partial charge in [-0.3, -0.25) is 4.79 Å². The van der Waals surface area contributed by atoms with Crippen LogP contribution in [0, 0.1) is 0 Å². The lowest BCUT2D eigenvalue weighted by Gasteiger charge is -1.99. The van der Waals surface area contributed by atoms with Crippen LogP contribution in [0.5, 0.6) is 0 Å². The molecule has 1 aliphatic heterocycles. The Balaban J connectivity index is 2.93. The van der Waals surface area contributed by atoms with Crippen molar-refractivity contribution in [1.82, 2.24) is 0 Å². The van der Waals surface area contributed by atoms with Gasteiger partial charge in [0.1, 0.15) is 6.29 Å². The fourth-order valence-electron chi connectivity index (χ4n) is 0.606. The van der Waals surface area contributed by atoms with Crippen molar-refractivity contribution in [1.29, 1.82) is 0 Å². The fourth-order valence-corrected chi connectivity index (χ4v) is 1.51. The molecule has 0 fully saturated rings. The van der Waals surface area contributed by atoms with E-state index in [1.165, 1.54) is 12.2 Å². The highest BCUT2D eigenvalue weighted by molar-refractivity contribution is 7.94. The highest BCUT2D eigenvalue weighted by Gasteiger charge is 2.08. The van der Waals surface area contributed by atoms with Crippen molar-refractivity contribution in [3.05, 3.63) is 23.1 Å². The molecule has 0 saturated carbocycles. The zero-order valence-corrected chi connectivity index (χ0v) is 5.97. The average Bonchev–Trinajstić information content (AvgIpc) is 1.88. The Morgan fingerprint density at radius 1 is 1.50 bits per heavy atom. The van der Waals surface area contributed by atoms with Gasteiger partial charge < -0.3 is 0 Å². The molecule has 0 saturated heterocycles. The van der Waals surface area contributed by atoms with Gasteiger partial charge in [0.15, 0.2) is 9.84 Å². The second-order valence-corrected chi connectivity index (χ2v) is 3.89. The van der Waals surface area contributed by atoms with Gasteiger partial charge in [-0.05, 0) is 6.08 Å². The third-order valence-corrected chi connectivity index (χ3v) is 2.34. The van der Waals surface area contributed by atoms with Crippen molar-refractivity contribution in [2.75, 3.05) is 5.75 Å². The van der Waals surface area contributed by atoms with Crippen LogP contribution in [0.2, 0.25) is 0 Å². The molecule has 3 nitrogen and oxygen atoms in total. The van der Waals surface area contributed by atoms with Gasteiger partial charge in [-0.15, -0.1) is 0 Å². The van der Waals surface area contributed by atoms with Crippen LogP contribution in [0.3, 0.4) is 0 Å². The van der Waals surface area contributed by atoms with Crippen molar-refractivity contribution in [2.24, 2.45) is 0 Å². The molecule has 1 heterocycles. The Morgan fingerprint density at radius 2 is 2.20 bits per heavy atom. The largest absolute Gasteiger partial charge is 0.298 e. The summed E-state index contributed by atoms with van der Waals surface area (Å²) in [6.07, 6.45) is 3.32. The smallest absolute Gasteiger partial charge is 0.175 e. The number of allylic oxidation sites excluding steroid dienone is 2. The molecule has 0 aromatic rings. The van der Waals surface area contributed by atoms with E-state index in [1.54, 1.807) is 0 Å². The van der Waals surface area contributed by atoms with Crippen LogP contribution < -0.4 is 0 Å². The van der Waals surface area contributed by atoms with Gasteiger partial charge in [-0.25, -0.2) is 8.42 Å². The fraction of sp³-hybridized carbons (Fsp3) is 0.167. The maximum absolute atomic E-state index is 10.7. The number of aldehydes is 1. The summed E-state index contributed by atoms with van der Waals surface area (Å²) < 4.78 is 21.3. The molecule has 0 aromatic heterocycles. The Morgan fingerprint density at radius 3 is 2.60 bits per heavy atom. The minimum atomic E-state index is -3.04. The average molecular weight is 158 g/mol. The summed E-state index contributed by atoms with van der Waals surface area (Å²) >= 11 is 0. The Labute approximate surface area is 59.0 Å². The monoisotopic (exact) mass is 158 g/mol. The van der Waals surface area contributed by atoms with Crippen molar-refractivity contribution in [3.63, 3.8) is 0 Å². The summed E-state index contributed by atoms with van der Waals surface area (Å²) in [4.78, 5) is 10.1. The first-order chi connectivity index (χ1) is 4.64. The SMILES string of the molecule is O=CC1=CCS(=O)(=O)C=C1. The summed E-state index contributed by atoms with van der Waals surface area (Å²) in [5.41, 5.74) is 0.426. The molecule has 0 radical (unpaired) electrons. The number of sulfone groups is 1. The van der Waals surface area contributed by atoms with Crippen molar-refractivity contribution in [2.45, 2.75) is 0 Å². The minimum absolute atomic E-state index is 0.0580. The van der Waals surface area contributed by atoms with Crippen molar-refractivity contribution in [3.8, 4) is 0 Å². The molecule has 0 aromatic carbocycles. The number of rotatable bonds is 1. The van der Waals surface area contributed by atoms with Gasteiger partial charge in [0.2, 0.25) is 0 Å². The van der Waals surface area contributed by atoms with Crippen LogP contribution in [0.15, 0.2) is 23.1 Å². The normalized spacial score (nSPS) is 21.8. The van der Waals surface area contributed by atoms with Gasteiger partial charge in [-0.2, -0.15) is 0 Å². The summed E-state index contributed by atoms with van der Waals surface area (Å²) in [5, 5.41) is 1.05. The lowest BCUT2D eigenvalue weighted by atomic mass is 10.3. The van der Waals surface area contributed by atoms with E-state index in [4.69, 9.17) is 0 Å². The number of hydrogen-bond donors (Lipinski definition) is 0. The molecule has 54 valence electrons. The van der Waals surface area contributed by atoms with Gasteiger partial charge in [0, 0.05) is 11.0 Å². The van der Waals surface area contributed by atoms with E-state index in [9.17, 15) is 13.2 Å². The van der Waals surface area contributed by atoms with Crippen molar-refractivity contribution < 1.29 is 13.2 Å². The topological polar surface area (TPSA) is 51.2 Å². The molecule has 0 unspecified atom stereocenters. The summed E-state index contributed by atoms with van der Waals surface area (Å²) in [6, 6.07) is 0. The summed E-state index contributed by atoms with van der Waals surface area (Å²) in [7, 11) is -3.04. The molecule has 0 N–H and O–H groups in total. The molecule has 0 amide bonds. The number of carbonyl (C=O) groups excluding carboxylic acids is 1. The first-order valence-electron chi connectivity index (χ1n) is 2.70. The van der Waals surface area contributed by atoms with E-state index >= 15 is 0 Å². The molecule has 4 heteroatoms. The van der Waals surface area contributed by atoms with Gasteiger partial charge >= 0.3 is 0 Å². The number of carbonyl (C=O) groups is 1. The lowest BCUT2D eigenvalue weighted by Crippen LogP contribution is -2.04. The molecule has 1 rings (SSSR count). The molecule has 0 spiro atoms. The third kappa shape index (κ3) is 1.54. The molecule has 0 bridgehead atoms. The summed E-state index contributed by atoms with van der Waals surface area (Å²) in [6.45, 7) is 0. The Bertz CT molecular complexity index is 292. The molecule has 1 aliphatic rings. The van der Waals surface area contributed by atoms with E-state index in [-0.39, 0.29) is 5.75 Å². The highest BCUT2D eigenvalue weighted by atomic mass is 32.2. The molecular weight excluding hydrogens is 152 g/mol. The maximum atomic E-state index is 10.7. The predicted octanol–water partition coefficient (Wildman–Crippen LogP) is 0.0538. The van der Waals surface area contributed by atoms with E-state index in [0.29, 0.717) is 11.9 Å². The van der Waals surface area contributed by atoms with E-state index < -0.39 is 9.84 Å². The molecule has 0 atom stereocenters. The maximum Gasteiger partial charge on any atom is 0.175 e. The van der Waals surface area contributed by atoms with Crippen LogP contribution >= 0.6 is 0 Å². The van der Waals surface area contributed by atoms with Gasteiger partial charge in [0.05, 0.1) is 5.75 Å². The summed E-state index contributed by atoms with van der Waals surface area (Å²) in [5.74, 6) is -0.0580. The van der Waals surface area contributed by atoms with Crippen LogP contribution in [-0.4, -0.2) is 20.5 Å². The van der Waals surface area contributed by atoms with E-state index in [0.717, 1.165) is 5.41 Å². The van der Waals surface area contributed by atoms with Crippen LogP contribution in [0.4, 0.5) is 0 Å². The third-order valence-electron chi connectivity index (χ3n) is 1.16. The molecular formula is C6H6O3S. The zero-order chi connectivity index (χ0) is 7.61. The van der Waals surface area contributed by atoms with Crippen LogP contribution in [-0.2, 0) is 14.6 Å². The number of hydrogen-bond acceptors (Lipinski definition) is 3. The molecule has 0 aliphatic carbocycles. The second-order valence-electron chi connectivity index (χ2n) is 1.95. The first kappa shape index (κ1) is 7.21. The highest BCUT2D eigenvalue weighted by Crippen LogP contribution is 2.05. The quantitative estimate of drug-likeness (QED) is 0.507. The predicted molar refractivity (Wildman–Crippen MR) is 37.1 cm³/mol. The minimum Gasteiger partial charge on any atom is -0.298 e. The first-order valence-corrected chi connectivity index (χ1v) is 4.42. The lowest BCUT2D eigenvalue weighted by molar-refractivity contribution is -0.104. The van der Waals surface area contributed by atoms with Gasteiger partial charge in [-0.1, -0.05) is 6.08 Å². The van der Waals surface area contributed by atoms with Crippen molar-refractivity contribution >= 4 is 16.1 Å². The Hall–Kier alpha value is -0.900. The molecule has 10 heavy (non-hydrogen) atoms.